The fourth-order valence-electron chi connectivity index (χ4n) is 5.06. The van der Waals surface area contributed by atoms with Crippen molar-refractivity contribution in [1.82, 2.24) is 29.1 Å². The van der Waals surface area contributed by atoms with E-state index in [1.165, 1.54) is 15.5 Å². The van der Waals surface area contributed by atoms with Gasteiger partial charge < -0.3 is 24.6 Å². The molecule has 3 N–H and O–H groups in total. The van der Waals surface area contributed by atoms with E-state index in [4.69, 9.17) is 0 Å². The number of aromatic amines is 1. The van der Waals surface area contributed by atoms with Crippen LogP contribution in [-0.2, 0) is 20.9 Å². The number of hydrogen-bond donors (Lipinski definition) is 3. The Hall–Kier alpha value is -5.20. The first-order chi connectivity index (χ1) is 20.4. The highest BCUT2D eigenvalue weighted by molar-refractivity contribution is 6.08. The summed E-state index contributed by atoms with van der Waals surface area (Å²) in [5.41, 5.74) is 1.78. The van der Waals surface area contributed by atoms with Gasteiger partial charge in [-0.1, -0.05) is 13.8 Å². The molecule has 0 unspecified atom stereocenters. The Kier molecular flexibility index (Phi) is 7.89. The lowest BCUT2D eigenvalue weighted by atomic mass is 9.98. The van der Waals surface area contributed by atoms with E-state index in [1.54, 1.807) is 19.2 Å². The van der Waals surface area contributed by atoms with Crippen LogP contribution in [0.3, 0.4) is 0 Å². The molecule has 0 saturated heterocycles. The van der Waals surface area contributed by atoms with Gasteiger partial charge in [-0.25, -0.2) is 18.9 Å². The highest BCUT2D eigenvalue weighted by atomic mass is 19.1. The van der Waals surface area contributed by atoms with E-state index in [0.717, 1.165) is 22.0 Å². The number of aromatic nitrogens is 4. The molecule has 224 valence electrons. The highest BCUT2D eigenvalue weighted by Gasteiger charge is 2.26. The van der Waals surface area contributed by atoms with Crippen molar-refractivity contribution < 1.29 is 29.0 Å². The highest BCUT2D eigenvalue weighted by Crippen LogP contribution is 2.37. The van der Waals surface area contributed by atoms with Crippen LogP contribution in [-0.4, -0.2) is 77.1 Å². The molecule has 0 fully saturated rings. The number of allylic oxidation sites excluding steroid dienone is 1. The molecule has 13 heteroatoms. The molecule has 43 heavy (non-hydrogen) atoms. The molecule has 0 spiro atoms. The van der Waals surface area contributed by atoms with E-state index in [9.17, 15) is 33.8 Å². The number of fused-ring (bicyclic) bond motifs is 1. The first-order valence-electron chi connectivity index (χ1n) is 13.7. The molecule has 0 saturated carbocycles. The van der Waals surface area contributed by atoms with E-state index < -0.39 is 29.6 Å². The lowest BCUT2D eigenvalue weighted by molar-refractivity contribution is -0.135. The van der Waals surface area contributed by atoms with Crippen molar-refractivity contribution in [2.75, 3.05) is 20.1 Å². The topological polar surface area (TPSA) is 154 Å². The predicted molar refractivity (Wildman–Crippen MR) is 155 cm³/mol. The van der Waals surface area contributed by atoms with Crippen LogP contribution in [0.25, 0.3) is 28.0 Å². The molecule has 1 aliphatic rings. The molecule has 2 amide bonds. The molecule has 2 aromatic carbocycles. The van der Waals surface area contributed by atoms with Crippen LogP contribution in [0.2, 0.25) is 0 Å². The Morgan fingerprint density at radius 2 is 1.86 bits per heavy atom. The summed E-state index contributed by atoms with van der Waals surface area (Å²) >= 11 is 0. The van der Waals surface area contributed by atoms with Gasteiger partial charge in [0.2, 0.25) is 17.6 Å². The molecule has 12 nitrogen and oxygen atoms in total. The molecule has 4 aromatic rings. The van der Waals surface area contributed by atoms with Crippen LogP contribution in [0.4, 0.5) is 4.39 Å². The zero-order valence-electron chi connectivity index (χ0n) is 23.9. The smallest absolute Gasteiger partial charge is 0.348 e. The number of hydrogen-bond acceptors (Lipinski definition) is 7. The maximum atomic E-state index is 13.6. The average Bonchev–Trinajstić information content (AvgIpc) is 3.55. The third kappa shape index (κ3) is 5.78. The van der Waals surface area contributed by atoms with Crippen LogP contribution in [0.1, 0.15) is 38.2 Å². The first kappa shape index (κ1) is 29.3. The number of aromatic hydroxyl groups is 2. The minimum Gasteiger partial charge on any atom is -0.508 e. The minimum atomic E-state index is -0.990. The molecule has 3 heterocycles. The van der Waals surface area contributed by atoms with Crippen LogP contribution < -0.4 is 5.69 Å². The number of carbonyl (C=O) groups excluding carboxylic acids is 3. The van der Waals surface area contributed by atoms with Crippen molar-refractivity contribution in [2.24, 2.45) is 0 Å². The second-order valence-electron chi connectivity index (χ2n) is 10.8. The summed E-state index contributed by atoms with van der Waals surface area (Å²) in [7, 11) is 1.64. The maximum Gasteiger partial charge on any atom is 0.348 e. The summed E-state index contributed by atoms with van der Waals surface area (Å²) in [6.45, 7) is 4.62. The fraction of sp³-hybridized carbons (Fsp3) is 0.300. The van der Waals surface area contributed by atoms with E-state index in [2.05, 4.69) is 10.2 Å². The van der Waals surface area contributed by atoms with Gasteiger partial charge in [0.1, 0.15) is 11.5 Å². The Morgan fingerprint density at radius 3 is 2.60 bits per heavy atom. The van der Waals surface area contributed by atoms with Crippen molar-refractivity contribution in [3.63, 3.8) is 0 Å². The Balaban J connectivity index is 1.30. The third-order valence-corrected chi connectivity index (χ3v) is 7.53. The zero-order chi connectivity index (χ0) is 31.0. The largest absolute Gasteiger partial charge is 0.508 e. The summed E-state index contributed by atoms with van der Waals surface area (Å²) in [4.78, 5) is 51.3. The Labute approximate surface area is 245 Å². The van der Waals surface area contributed by atoms with Crippen molar-refractivity contribution in [2.45, 2.75) is 39.2 Å². The molecule has 0 radical (unpaired) electrons. The Morgan fingerprint density at radius 1 is 1.09 bits per heavy atom. The number of halogens is 1. The normalized spacial score (nSPS) is 13.7. The summed E-state index contributed by atoms with van der Waals surface area (Å²) < 4.78 is 16.9. The van der Waals surface area contributed by atoms with E-state index in [-0.39, 0.29) is 42.1 Å². The number of ketones is 1. The van der Waals surface area contributed by atoms with E-state index in [1.807, 2.05) is 42.8 Å². The Bertz CT molecular complexity index is 1830. The second kappa shape index (κ2) is 11.6. The molecule has 0 aliphatic carbocycles. The molecule has 0 bridgehead atoms. The number of carbonyl (C=O) groups is 3. The summed E-state index contributed by atoms with van der Waals surface area (Å²) in [6, 6.07) is 10.2. The van der Waals surface area contributed by atoms with Crippen molar-refractivity contribution >= 4 is 28.5 Å². The van der Waals surface area contributed by atoms with Crippen LogP contribution in [0, 0.1) is 0 Å². The van der Waals surface area contributed by atoms with Crippen molar-refractivity contribution in [1.29, 1.82) is 0 Å². The predicted octanol–water partition coefficient (Wildman–Crippen LogP) is 3.18. The van der Waals surface area contributed by atoms with Crippen LogP contribution >= 0.6 is 0 Å². The first-order valence-corrected chi connectivity index (χ1v) is 13.7. The quantitative estimate of drug-likeness (QED) is 0.253. The van der Waals surface area contributed by atoms with Gasteiger partial charge in [-0.15, -0.1) is 0 Å². The molecule has 5 rings (SSSR count). The number of nitrogens with one attached hydrogen (secondary N) is 1. The number of amides is 2. The van der Waals surface area contributed by atoms with Gasteiger partial charge in [-0.05, 0) is 41.8 Å². The van der Waals surface area contributed by atoms with Gasteiger partial charge in [0, 0.05) is 62.5 Å². The summed E-state index contributed by atoms with van der Waals surface area (Å²) in [5.74, 6) is -2.71. The van der Waals surface area contributed by atoms with Crippen LogP contribution in [0.5, 0.6) is 11.5 Å². The van der Waals surface area contributed by atoms with Crippen LogP contribution in [0.15, 0.2) is 59.4 Å². The number of Topliss-reactive ketones (excluding diaryl/α,β-unsaturated/α-hetero) is 1. The standard InChI is InChI=1S/C30H31FN6O6/c1-17(2)20-13-21(25(39)14-24(20)38)29-32-33-30(43)37(29)19-4-5-23-18(12-19)6-8-35(23)11-10-34(3)27(41)7-9-36-16-22(31)26(40)15-28(36)42/h4-6,8,12-14,16-17,38-39H,7,9-11,15H2,1-3H3,(H,33,43). The lowest BCUT2D eigenvalue weighted by Crippen LogP contribution is -2.37. The number of H-pyrrole nitrogens is 1. The number of rotatable bonds is 9. The number of phenols is 2. The average molecular weight is 591 g/mol. The summed E-state index contributed by atoms with van der Waals surface area (Å²) in [6.07, 6.45) is 2.15. The third-order valence-electron chi connectivity index (χ3n) is 7.53. The molecule has 1 aliphatic heterocycles. The molecular formula is C30H31FN6O6. The van der Waals surface area contributed by atoms with E-state index >= 15 is 0 Å². The monoisotopic (exact) mass is 590 g/mol. The molecular weight excluding hydrogens is 559 g/mol. The van der Waals surface area contributed by atoms with Crippen molar-refractivity contribution in [3.05, 3.63) is 70.7 Å². The van der Waals surface area contributed by atoms with E-state index in [0.29, 0.717) is 29.9 Å². The van der Waals surface area contributed by atoms with Gasteiger partial charge in [0.15, 0.2) is 11.7 Å². The maximum absolute atomic E-state index is 13.6. The second-order valence-corrected chi connectivity index (χ2v) is 10.8. The lowest BCUT2D eigenvalue weighted by Gasteiger charge is -2.23. The van der Waals surface area contributed by atoms with Gasteiger partial charge >= 0.3 is 5.69 Å². The minimum absolute atomic E-state index is 0.0198. The van der Waals surface area contributed by atoms with Gasteiger partial charge in [-0.3, -0.25) is 14.4 Å². The number of benzene rings is 2. The van der Waals surface area contributed by atoms with Crippen molar-refractivity contribution in [3.8, 4) is 28.6 Å². The molecule has 2 aromatic heterocycles. The number of nitrogens with zero attached hydrogens (tertiary/aromatic N) is 5. The zero-order valence-corrected chi connectivity index (χ0v) is 23.9. The van der Waals surface area contributed by atoms with Gasteiger partial charge in [-0.2, -0.15) is 5.10 Å². The fourth-order valence-corrected chi connectivity index (χ4v) is 5.06. The SMILES string of the molecule is CC(C)c1cc(-c2n[nH]c(=O)n2-c2ccc3c(ccn3CCN(C)C(=O)CCN3C=C(F)C(=O)CC3=O)c2)c(O)cc1O. The summed E-state index contributed by atoms with van der Waals surface area (Å²) in [5, 5.41) is 28.2. The number of phenolic OH excluding ortho intramolecular Hbond substituents is 2. The molecule has 0 atom stereocenters. The van der Waals surface area contributed by atoms with Gasteiger partial charge in [0.05, 0.1) is 17.7 Å². The van der Waals surface area contributed by atoms with Gasteiger partial charge in [0.25, 0.3) is 0 Å². The number of likely N-dealkylation sites (N-methyl/N-ethyl adjacent to an activating group) is 1.